The van der Waals surface area contributed by atoms with Crippen molar-refractivity contribution in [3.05, 3.63) is 0 Å². The van der Waals surface area contributed by atoms with E-state index in [4.69, 9.17) is 0 Å². The molecule has 28 heavy (non-hydrogen) atoms. The summed E-state index contributed by atoms with van der Waals surface area (Å²) >= 11 is 0. The Morgan fingerprint density at radius 1 is 0.500 bits per heavy atom. The molecule has 0 aliphatic rings. The lowest BCUT2D eigenvalue weighted by molar-refractivity contribution is -0.333. The van der Waals surface area contributed by atoms with Gasteiger partial charge in [-0.05, 0) is 0 Å². The third-order valence-electron chi connectivity index (χ3n) is 2.77. The number of hydrogen-bond acceptors (Lipinski definition) is 4. The smallest absolute Gasteiger partial charge is 0.205 e. The van der Waals surface area contributed by atoms with Gasteiger partial charge in [-0.1, -0.05) is 3.71 Å². The summed E-state index contributed by atoms with van der Waals surface area (Å²) in [5, 5.41) is -15.2. The summed E-state index contributed by atoms with van der Waals surface area (Å²) in [6.07, 6.45) is -14.9. The molecule has 0 spiro atoms. The molecule has 0 aromatic heterocycles. The summed E-state index contributed by atoms with van der Waals surface area (Å²) in [4.78, 5) is 0. The van der Waals surface area contributed by atoms with Crippen molar-refractivity contribution in [2.75, 3.05) is 7.05 Å². The van der Waals surface area contributed by atoms with Crippen molar-refractivity contribution in [3.63, 3.8) is 0 Å². The predicted octanol–water partition coefficient (Wildman–Crippen LogP) is 3.16. The number of alkyl halides is 14. The Hall–Kier alpha value is -1.12. The molecule has 0 aromatic rings. The molecule has 0 heterocycles. The first kappa shape index (κ1) is 26.9. The van der Waals surface area contributed by atoms with E-state index in [1.54, 1.807) is 0 Å². The van der Waals surface area contributed by atoms with E-state index >= 15 is 0 Å². The van der Waals surface area contributed by atoms with E-state index in [1.807, 2.05) is 0 Å². The van der Waals surface area contributed by atoms with Crippen molar-refractivity contribution in [2.24, 2.45) is 0 Å². The van der Waals surface area contributed by atoms with E-state index in [0.717, 1.165) is 0 Å². The first-order chi connectivity index (χ1) is 11.7. The van der Waals surface area contributed by atoms with Crippen LogP contribution in [-0.2, 0) is 20.0 Å². The highest BCUT2D eigenvalue weighted by atomic mass is 32.3. The summed E-state index contributed by atoms with van der Waals surface area (Å²) < 4.78 is 216. The minimum absolute atomic E-state index is 1.18. The highest BCUT2D eigenvalue weighted by Gasteiger charge is 2.83. The summed E-state index contributed by atoms with van der Waals surface area (Å²) in [5.41, 5.74) is 0. The molecule has 0 saturated heterocycles. The third-order valence-corrected chi connectivity index (χ3v) is 7.11. The van der Waals surface area contributed by atoms with Gasteiger partial charge in [-0.2, -0.15) is 61.5 Å². The summed E-state index contributed by atoms with van der Waals surface area (Å²) in [6, 6.07) is 0. The van der Waals surface area contributed by atoms with Crippen LogP contribution in [0.4, 0.5) is 61.5 Å². The van der Waals surface area contributed by atoms with Crippen LogP contribution < -0.4 is 0 Å². The predicted molar refractivity (Wildman–Crippen MR) is 57.5 cm³/mol. The molecule has 0 aliphatic carbocycles. The molecule has 0 aromatic carbocycles. The molecule has 170 valence electrons. The Balaban J connectivity index is 6.69. The van der Waals surface area contributed by atoms with Gasteiger partial charge in [0.2, 0.25) is 0 Å². The second-order valence-electron chi connectivity index (χ2n) is 4.57. The van der Waals surface area contributed by atoms with Crippen LogP contribution in [0.1, 0.15) is 0 Å². The fraction of sp³-hybridized carbons (Fsp3) is 1.00. The van der Waals surface area contributed by atoms with Crippen molar-refractivity contribution < 1.29 is 78.3 Å². The molecular weight excluding hydrogens is 492 g/mol. The van der Waals surface area contributed by atoms with E-state index in [1.165, 1.54) is 0 Å². The zero-order valence-corrected chi connectivity index (χ0v) is 13.8. The van der Waals surface area contributed by atoms with Crippen LogP contribution in [0, 0.1) is 0 Å². The Labute approximate surface area is 145 Å². The Morgan fingerprint density at radius 2 is 0.679 bits per heavy atom. The van der Waals surface area contributed by atoms with E-state index < -0.39 is 65.5 Å². The number of rotatable bonds is 6. The number of nitrogens with zero attached hydrogens (tertiary/aromatic N) is 1. The second-order valence-corrected chi connectivity index (χ2v) is 8.82. The van der Waals surface area contributed by atoms with Gasteiger partial charge in [0.1, 0.15) is 0 Å². The van der Waals surface area contributed by atoms with Crippen LogP contribution in [-0.4, -0.2) is 62.3 Å². The molecule has 21 heteroatoms. The van der Waals surface area contributed by atoms with Crippen molar-refractivity contribution in [3.8, 4) is 0 Å². The molecule has 0 aliphatic heterocycles. The minimum Gasteiger partial charge on any atom is -0.205 e. The van der Waals surface area contributed by atoms with Gasteiger partial charge in [0.15, 0.2) is 0 Å². The van der Waals surface area contributed by atoms with Gasteiger partial charge >= 0.3 is 34.7 Å². The molecule has 0 amide bonds. The fourth-order valence-corrected chi connectivity index (χ4v) is 4.23. The Morgan fingerprint density at radius 3 is 0.821 bits per heavy atom. The van der Waals surface area contributed by atoms with Crippen LogP contribution in [0.25, 0.3) is 0 Å². The molecule has 0 radical (unpaired) electrons. The van der Waals surface area contributed by atoms with Crippen molar-refractivity contribution in [1.82, 2.24) is 3.71 Å². The lowest BCUT2D eigenvalue weighted by Gasteiger charge is -2.33. The minimum atomic E-state index is -8.16. The van der Waals surface area contributed by atoms with Crippen LogP contribution in [0.5, 0.6) is 0 Å². The highest BCUT2D eigenvalue weighted by molar-refractivity contribution is 8.05. The molecule has 0 rings (SSSR count). The molecule has 0 bridgehead atoms. The number of sulfonamides is 2. The number of halogens is 14. The van der Waals surface area contributed by atoms with Crippen LogP contribution in [0.3, 0.4) is 0 Å². The van der Waals surface area contributed by atoms with E-state index in [-0.39, 0.29) is 0 Å². The quantitative estimate of drug-likeness (QED) is 0.531. The SMILES string of the molecule is CN(S(=O)(=O)C(F)(F)C(F)(F)C(F)(F)F)S(=O)(=O)C(F)(F)C(F)(F)C(F)(F)F. The molecule has 5 nitrogen and oxygen atoms in total. The standard InChI is InChI=1S/C7H3F14NO4S2/c1-22(27(23,24)6(18,19)2(8,9)4(12,13)14)28(25,26)7(20,21)3(10,11)5(15,16)17/h1H3. The summed E-state index contributed by atoms with van der Waals surface area (Å²) in [6.45, 7) is 0. The molecule has 0 unspecified atom stereocenters. The Kier molecular flexibility index (Phi) is 6.18. The highest BCUT2D eigenvalue weighted by Crippen LogP contribution is 2.53. The molecule has 0 N–H and O–H groups in total. The van der Waals surface area contributed by atoms with Crippen molar-refractivity contribution in [2.45, 2.75) is 34.7 Å². The van der Waals surface area contributed by atoms with E-state index in [0.29, 0.717) is 0 Å². The average Bonchev–Trinajstić information content (AvgIpc) is 2.42. The first-order valence-electron chi connectivity index (χ1n) is 5.53. The average molecular weight is 495 g/mol. The molecule has 0 fully saturated rings. The number of hydrogen-bond donors (Lipinski definition) is 0. The summed E-state index contributed by atoms with van der Waals surface area (Å²) in [5.74, 6) is -15.4. The topological polar surface area (TPSA) is 71.5 Å². The largest absolute Gasteiger partial charge is 0.461 e. The van der Waals surface area contributed by atoms with Crippen LogP contribution >= 0.6 is 0 Å². The maximum Gasteiger partial charge on any atom is 0.461 e. The van der Waals surface area contributed by atoms with Crippen LogP contribution in [0.15, 0.2) is 0 Å². The fourth-order valence-electron chi connectivity index (χ4n) is 1.11. The first-order valence-corrected chi connectivity index (χ1v) is 8.41. The van der Waals surface area contributed by atoms with Crippen molar-refractivity contribution >= 4 is 20.0 Å². The van der Waals surface area contributed by atoms with Gasteiger partial charge < -0.3 is 0 Å². The second kappa shape index (κ2) is 6.44. The monoisotopic (exact) mass is 495 g/mol. The van der Waals surface area contributed by atoms with Gasteiger partial charge in [-0.15, -0.1) is 0 Å². The maximum atomic E-state index is 13.2. The van der Waals surface area contributed by atoms with E-state index in [9.17, 15) is 78.3 Å². The van der Waals surface area contributed by atoms with Gasteiger partial charge in [0.25, 0.3) is 20.0 Å². The van der Waals surface area contributed by atoms with Gasteiger partial charge in [-0.25, -0.2) is 16.8 Å². The molecule has 0 saturated carbocycles. The van der Waals surface area contributed by atoms with Crippen molar-refractivity contribution in [1.29, 1.82) is 0 Å². The molecule has 0 atom stereocenters. The lowest BCUT2D eigenvalue weighted by atomic mass is 10.3. The maximum absolute atomic E-state index is 13.2. The normalized spacial score (nSPS) is 16.6. The Bertz CT molecular complexity index is 740. The van der Waals surface area contributed by atoms with Gasteiger partial charge in [0, 0.05) is 7.05 Å². The third kappa shape index (κ3) is 3.37. The van der Waals surface area contributed by atoms with Gasteiger partial charge in [-0.3, -0.25) is 0 Å². The lowest BCUT2D eigenvalue weighted by Crippen LogP contribution is -2.64. The van der Waals surface area contributed by atoms with E-state index in [2.05, 4.69) is 0 Å². The zero-order chi connectivity index (χ0) is 23.6. The van der Waals surface area contributed by atoms with Gasteiger partial charge in [0.05, 0.1) is 0 Å². The van der Waals surface area contributed by atoms with Crippen LogP contribution in [0.2, 0.25) is 0 Å². The molecular formula is C7H3F14NO4S2. The summed E-state index contributed by atoms with van der Waals surface area (Å²) in [7, 11) is -17.5. The zero-order valence-electron chi connectivity index (χ0n) is 12.2.